The van der Waals surface area contributed by atoms with Crippen molar-refractivity contribution in [3.05, 3.63) is 20.9 Å². The summed E-state index contributed by atoms with van der Waals surface area (Å²) in [5.41, 5.74) is -2.63. The van der Waals surface area contributed by atoms with Gasteiger partial charge in [-0.1, -0.05) is 20.8 Å². The molecule has 0 N–H and O–H groups in total. The largest absolute Gasteiger partial charge is 0.426 e. The summed E-state index contributed by atoms with van der Waals surface area (Å²) < 4.78 is 76.3. The maximum absolute atomic E-state index is 12.7. The first kappa shape index (κ1) is 15.3. The SMILES string of the molecule is Cc1c(C(C)(C)C)sc(C(F)(F)F)c1C(F)(F)F. The fourth-order valence-electron chi connectivity index (χ4n) is 1.77. The van der Waals surface area contributed by atoms with Crippen LogP contribution < -0.4 is 0 Å². The molecule has 1 aromatic rings. The second-order valence-corrected chi connectivity index (χ2v) is 6.03. The van der Waals surface area contributed by atoms with E-state index in [2.05, 4.69) is 0 Å². The molecule has 1 heterocycles. The summed E-state index contributed by atoms with van der Waals surface area (Å²) in [5.74, 6) is 0. The van der Waals surface area contributed by atoms with E-state index >= 15 is 0 Å². The van der Waals surface area contributed by atoms with Crippen molar-refractivity contribution in [2.24, 2.45) is 0 Å². The minimum atomic E-state index is -4.99. The first-order chi connectivity index (χ1) is 7.76. The number of hydrogen-bond donors (Lipinski definition) is 0. The van der Waals surface area contributed by atoms with E-state index in [1.54, 1.807) is 20.8 Å². The van der Waals surface area contributed by atoms with E-state index in [-0.39, 0.29) is 21.8 Å². The molecular formula is C11H12F6S. The van der Waals surface area contributed by atoms with Gasteiger partial charge in [0.1, 0.15) is 4.88 Å². The van der Waals surface area contributed by atoms with Crippen LogP contribution in [0.2, 0.25) is 0 Å². The van der Waals surface area contributed by atoms with Gasteiger partial charge in [0.25, 0.3) is 0 Å². The van der Waals surface area contributed by atoms with Crippen molar-refractivity contribution in [3.63, 3.8) is 0 Å². The maximum Gasteiger partial charge on any atom is 0.426 e. The third kappa shape index (κ3) is 2.81. The second kappa shape index (κ2) is 4.15. The summed E-state index contributed by atoms with van der Waals surface area (Å²) in [6.45, 7) is 5.86. The number of alkyl halides is 6. The van der Waals surface area contributed by atoms with Crippen LogP contribution in [0.4, 0.5) is 26.3 Å². The Morgan fingerprint density at radius 2 is 1.22 bits per heavy atom. The maximum atomic E-state index is 12.7. The van der Waals surface area contributed by atoms with Gasteiger partial charge in [-0.05, 0) is 17.9 Å². The number of halogens is 6. The van der Waals surface area contributed by atoms with Crippen molar-refractivity contribution in [2.75, 3.05) is 0 Å². The van der Waals surface area contributed by atoms with Crippen LogP contribution in [0.5, 0.6) is 0 Å². The van der Waals surface area contributed by atoms with Crippen LogP contribution in [0.15, 0.2) is 0 Å². The zero-order valence-electron chi connectivity index (χ0n) is 10.2. The van der Waals surface area contributed by atoms with E-state index in [9.17, 15) is 26.3 Å². The Bertz CT molecular complexity index is 444. The molecule has 0 atom stereocenters. The molecule has 0 spiro atoms. The lowest BCUT2D eigenvalue weighted by atomic mass is 9.90. The molecule has 0 unspecified atom stereocenters. The molecular weight excluding hydrogens is 278 g/mol. The van der Waals surface area contributed by atoms with Gasteiger partial charge in [-0.3, -0.25) is 0 Å². The van der Waals surface area contributed by atoms with Crippen molar-refractivity contribution < 1.29 is 26.3 Å². The minimum Gasteiger partial charge on any atom is -0.166 e. The van der Waals surface area contributed by atoms with Crippen LogP contribution in [0.25, 0.3) is 0 Å². The van der Waals surface area contributed by atoms with Gasteiger partial charge in [0.05, 0.1) is 5.56 Å². The number of thiophene rings is 1. The van der Waals surface area contributed by atoms with E-state index in [1.165, 1.54) is 0 Å². The normalized spacial score (nSPS) is 14.1. The summed E-state index contributed by atoms with van der Waals surface area (Å²) >= 11 is 0.182. The van der Waals surface area contributed by atoms with Crippen molar-refractivity contribution in [3.8, 4) is 0 Å². The minimum absolute atomic E-state index is 0.113. The summed E-state index contributed by atoms with van der Waals surface area (Å²) in [7, 11) is 0. The number of hydrogen-bond acceptors (Lipinski definition) is 1. The van der Waals surface area contributed by atoms with Gasteiger partial charge in [0, 0.05) is 4.88 Å². The Morgan fingerprint density at radius 3 is 1.44 bits per heavy atom. The molecule has 0 saturated carbocycles. The average Bonchev–Trinajstić information content (AvgIpc) is 2.39. The molecule has 0 fully saturated rings. The highest BCUT2D eigenvalue weighted by atomic mass is 32.1. The molecule has 0 saturated heterocycles. The van der Waals surface area contributed by atoms with Gasteiger partial charge in [-0.15, -0.1) is 11.3 Å². The predicted molar refractivity (Wildman–Crippen MR) is 57.8 cm³/mol. The lowest BCUT2D eigenvalue weighted by Gasteiger charge is -2.18. The molecule has 104 valence electrons. The highest BCUT2D eigenvalue weighted by Crippen LogP contribution is 2.49. The molecule has 0 bridgehead atoms. The van der Waals surface area contributed by atoms with Gasteiger partial charge < -0.3 is 0 Å². The third-order valence-corrected chi connectivity index (χ3v) is 4.13. The first-order valence-corrected chi connectivity index (χ1v) is 5.86. The zero-order chi connectivity index (χ0) is 14.5. The first-order valence-electron chi connectivity index (χ1n) is 5.04. The Balaban J connectivity index is 3.63. The van der Waals surface area contributed by atoms with Gasteiger partial charge in [0.2, 0.25) is 0 Å². The molecule has 0 amide bonds. The fourth-order valence-corrected chi connectivity index (χ4v) is 3.02. The van der Waals surface area contributed by atoms with Crippen LogP contribution in [0, 0.1) is 6.92 Å². The molecule has 1 aromatic heterocycles. The van der Waals surface area contributed by atoms with E-state index in [1.807, 2.05) is 0 Å². The van der Waals surface area contributed by atoms with Crippen LogP contribution in [0.1, 0.15) is 41.7 Å². The predicted octanol–water partition coefficient (Wildman–Crippen LogP) is 5.39. The standard InChI is InChI=1S/C11H12F6S/c1-5-6(10(12,13)14)8(11(15,16)17)18-7(5)9(2,3)4/h1-4H3. The van der Waals surface area contributed by atoms with Crippen molar-refractivity contribution >= 4 is 11.3 Å². The van der Waals surface area contributed by atoms with Gasteiger partial charge in [-0.2, -0.15) is 26.3 Å². The summed E-state index contributed by atoms with van der Waals surface area (Å²) in [6.07, 6.45) is -9.97. The lowest BCUT2D eigenvalue weighted by Crippen LogP contribution is -2.15. The Kier molecular flexibility index (Phi) is 3.53. The van der Waals surface area contributed by atoms with Crippen molar-refractivity contribution in [1.29, 1.82) is 0 Å². The van der Waals surface area contributed by atoms with E-state index in [4.69, 9.17) is 0 Å². The van der Waals surface area contributed by atoms with Gasteiger partial charge in [0.15, 0.2) is 0 Å². The molecule has 0 radical (unpaired) electrons. The quantitative estimate of drug-likeness (QED) is 0.562. The van der Waals surface area contributed by atoms with Crippen molar-refractivity contribution in [1.82, 2.24) is 0 Å². The average molecular weight is 290 g/mol. The highest BCUT2D eigenvalue weighted by molar-refractivity contribution is 7.12. The molecule has 18 heavy (non-hydrogen) atoms. The monoisotopic (exact) mass is 290 g/mol. The van der Waals surface area contributed by atoms with E-state index < -0.39 is 28.2 Å². The molecule has 0 aliphatic heterocycles. The smallest absolute Gasteiger partial charge is 0.166 e. The Morgan fingerprint density at radius 1 is 0.778 bits per heavy atom. The van der Waals surface area contributed by atoms with E-state index in [0.29, 0.717) is 0 Å². The zero-order valence-corrected chi connectivity index (χ0v) is 11.0. The second-order valence-electron chi connectivity index (χ2n) is 5.01. The van der Waals surface area contributed by atoms with Crippen molar-refractivity contribution in [2.45, 2.75) is 45.5 Å². The number of rotatable bonds is 0. The summed E-state index contributed by atoms with van der Waals surface area (Å²) in [6, 6.07) is 0. The third-order valence-electron chi connectivity index (χ3n) is 2.37. The molecule has 0 aliphatic rings. The van der Waals surface area contributed by atoms with Crippen LogP contribution in [0.3, 0.4) is 0 Å². The Labute approximate surface area is 105 Å². The molecule has 0 aromatic carbocycles. The topological polar surface area (TPSA) is 0 Å². The summed E-state index contributed by atoms with van der Waals surface area (Å²) in [5, 5.41) is 0. The van der Waals surface area contributed by atoms with Crippen LogP contribution >= 0.6 is 11.3 Å². The van der Waals surface area contributed by atoms with Gasteiger partial charge >= 0.3 is 12.4 Å². The summed E-state index contributed by atoms with van der Waals surface area (Å²) in [4.78, 5) is -1.44. The van der Waals surface area contributed by atoms with Crippen LogP contribution in [-0.4, -0.2) is 0 Å². The highest BCUT2D eigenvalue weighted by Gasteiger charge is 2.48. The molecule has 0 nitrogen and oxygen atoms in total. The van der Waals surface area contributed by atoms with Gasteiger partial charge in [-0.25, -0.2) is 0 Å². The molecule has 1 rings (SSSR count). The molecule has 0 aliphatic carbocycles. The van der Waals surface area contributed by atoms with E-state index in [0.717, 1.165) is 6.92 Å². The lowest BCUT2D eigenvalue weighted by molar-refractivity contribution is -0.159. The molecule has 7 heteroatoms. The fraction of sp³-hybridized carbons (Fsp3) is 0.636. The Hall–Kier alpha value is -0.720. The van der Waals surface area contributed by atoms with Crippen LogP contribution in [-0.2, 0) is 17.8 Å².